The molecule has 7 unspecified atom stereocenters. The summed E-state index contributed by atoms with van der Waals surface area (Å²) in [4.78, 5) is 25.0. The molecule has 1 amide bonds. The summed E-state index contributed by atoms with van der Waals surface area (Å²) in [5.41, 5.74) is 2.79. The third kappa shape index (κ3) is 10.1. The fourth-order valence-corrected chi connectivity index (χ4v) is 9.56. The average Bonchev–Trinajstić information content (AvgIpc) is 4.17. The van der Waals surface area contributed by atoms with E-state index in [9.17, 15) is 20.1 Å². The molecule has 1 aromatic carbocycles. The molecule has 3 aliphatic heterocycles. The number of aliphatic hydroxyl groups is 3. The largest absolute Gasteiger partial charge is 0.492 e. The predicted molar refractivity (Wildman–Crippen MR) is 214 cm³/mol. The van der Waals surface area contributed by atoms with Crippen molar-refractivity contribution >= 4 is 11.6 Å². The molecule has 3 aliphatic carbocycles. The van der Waals surface area contributed by atoms with Gasteiger partial charge in [0.25, 0.3) is 0 Å². The SMILES string of the molecule is C=CCOC12Oc3ccc(OCCN4CC4)cc3C3C(CCCCO)C(CCCCO)C=C(C(=NOC4CCCCO4)CC1N(CCOCCO)C(=O)C1CC1)C32. The van der Waals surface area contributed by atoms with Crippen LogP contribution in [0, 0.1) is 23.7 Å². The van der Waals surface area contributed by atoms with E-state index < -0.39 is 24.0 Å². The second-order valence-electron chi connectivity index (χ2n) is 16.5. The van der Waals surface area contributed by atoms with Crippen LogP contribution < -0.4 is 9.47 Å². The van der Waals surface area contributed by atoms with Crippen LogP contribution in [0.5, 0.6) is 11.5 Å². The van der Waals surface area contributed by atoms with Gasteiger partial charge in [-0.05, 0) is 87.0 Å². The van der Waals surface area contributed by atoms with Gasteiger partial charge in [0, 0.05) is 69.6 Å². The van der Waals surface area contributed by atoms with E-state index in [2.05, 4.69) is 23.6 Å². The van der Waals surface area contributed by atoms with Crippen LogP contribution in [-0.4, -0.2) is 134 Å². The first kappa shape index (κ1) is 42.1. The normalized spacial score (nSPS) is 29.8. The maximum atomic E-state index is 14.5. The van der Waals surface area contributed by atoms with Crippen LogP contribution in [-0.2, 0) is 23.8 Å². The Labute approximate surface area is 337 Å². The van der Waals surface area contributed by atoms with Gasteiger partial charge in [-0.15, -0.1) is 6.58 Å². The van der Waals surface area contributed by atoms with Crippen molar-refractivity contribution in [3.8, 4) is 11.5 Å². The highest BCUT2D eigenvalue weighted by atomic mass is 16.8. The van der Waals surface area contributed by atoms with Crippen LogP contribution in [0.4, 0.5) is 0 Å². The molecule has 316 valence electrons. The zero-order valence-corrected chi connectivity index (χ0v) is 33.6. The molecular weight excluding hydrogens is 730 g/mol. The molecule has 6 aliphatic rings. The predicted octanol–water partition coefficient (Wildman–Crippen LogP) is 4.79. The topological polar surface area (TPSA) is 152 Å². The molecule has 2 saturated heterocycles. The number of carbonyl (C=O) groups is 1. The van der Waals surface area contributed by atoms with E-state index in [1.165, 1.54) is 0 Å². The average molecular weight is 796 g/mol. The van der Waals surface area contributed by atoms with Gasteiger partial charge in [0.05, 0.1) is 44.7 Å². The first-order valence-electron chi connectivity index (χ1n) is 21.7. The zero-order valence-electron chi connectivity index (χ0n) is 33.6. The summed E-state index contributed by atoms with van der Waals surface area (Å²) < 4.78 is 32.6. The third-order valence-corrected chi connectivity index (χ3v) is 12.6. The van der Waals surface area contributed by atoms with Gasteiger partial charge in [0.1, 0.15) is 24.1 Å². The van der Waals surface area contributed by atoms with Crippen LogP contribution in [0.15, 0.2) is 47.7 Å². The van der Waals surface area contributed by atoms with Gasteiger partial charge in [0.2, 0.25) is 18.0 Å². The molecular formula is C44H65N3O10. The summed E-state index contributed by atoms with van der Waals surface area (Å²) >= 11 is 0. The molecule has 0 bridgehead atoms. The molecule has 57 heavy (non-hydrogen) atoms. The van der Waals surface area contributed by atoms with Crippen molar-refractivity contribution in [2.75, 3.05) is 79.0 Å². The number of unbranched alkanes of at least 4 members (excludes halogenated alkanes) is 2. The highest BCUT2D eigenvalue weighted by molar-refractivity contribution is 6.03. The molecule has 0 spiro atoms. The Balaban J connectivity index is 1.39. The Morgan fingerprint density at radius 2 is 1.84 bits per heavy atom. The second kappa shape index (κ2) is 20.3. The molecule has 7 atom stereocenters. The number of fused-ring (bicyclic) bond motifs is 2. The minimum absolute atomic E-state index is 0.0378. The van der Waals surface area contributed by atoms with Gasteiger partial charge in [-0.2, -0.15) is 0 Å². The summed E-state index contributed by atoms with van der Waals surface area (Å²) in [5.74, 6) is -0.167. The highest BCUT2D eigenvalue weighted by Crippen LogP contribution is 2.62. The van der Waals surface area contributed by atoms with Crippen molar-refractivity contribution in [2.45, 2.75) is 101 Å². The smallest absolute Gasteiger partial charge is 0.239 e. The van der Waals surface area contributed by atoms with Crippen molar-refractivity contribution in [1.29, 1.82) is 0 Å². The molecule has 3 N–H and O–H groups in total. The molecule has 2 saturated carbocycles. The van der Waals surface area contributed by atoms with E-state index in [1.807, 2.05) is 17.0 Å². The Hall–Kier alpha value is -3.04. The van der Waals surface area contributed by atoms with Gasteiger partial charge in [0.15, 0.2) is 0 Å². The summed E-state index contributed by atoms with van der Waals surface area (Å²) in [6.07, 6.45) is 13.2. The number of allylic oxidation sites excluding steroid dienone is 1. The highest BCUT2D eigenvalue weighted by Gasteiger charge is 2.66. The Morgan fingerprint density at radius 3 is 2.56 bits per heavy atom. The maximum absolute atomic E-state index is 14.5. The first-order valence-corrected chi connectivity index (χ1v) is 21.7. The van der Waals surface area contributed by atoms with E-state index >= 15 is 0 Å². The Bertz CT molecular complexity index is 1540. The number of nitrogens with zero attached hydrogens (tertiary/aromatic N) is 3. The van der Waals surface area contributed by atoms with Crippen molar-refractivity contribution < 1.29 is 48.6 Å². The van der Waals surface area contributed by atoms with E-state index in [4.69, 9.17) is 33.7 Å². The monoisotopic (exact) mass is 795 g/mol. The lowest BCUT2D eigenvalue weighted by molar-refractivity contribution is -0.258. The molecule has 0 aromatic heterocycles. The zero-order chi connectivity index (χ0) is 39.6. The molecule has 1 aromatic rings. The standard InChI is InChI=1S/C44H65N3O10/c1-2-23-55-44-39(47(19-25-52-27-22-50)43(51)31-12-13-31)30-37(45-57-40-11-5-8-24-54-40)35-28-32(9-3-6-20-48)34(10-4-7-21-49)41(42(35)44)36-29-33(14-15-38(36)56-44)53-26-18-46-16-17-46/h2,14-15,28-29,31-32,34,39-42,48-50H,1,3-13,16-27,30H2. The number of amides is 1. The number of oxime groups is 1. The fraction of sp³-hybridized carbons (Fsp3) is 0.727. The fourth-order valence-electron chi connectivity index (χ4n) is 9.56. The Kier molecular flexibility index (Phi) is 15.0. The molecule has 13 heteroatoms. The van der Waals surface area contributed by atoms with E-state index in [0.29, 0.717) is 44.8 Å². The number of hydrogen-bond acceptors (Lipinski definition) is 12. The van der Waals surface area contributed by atoms with Gasteiger partial charge >= 0.3 is 0 Å². The number of carbonyl (C=O) groups excluding carboxylic acids is 1. The maximum Gasteiger partial charge on any atom is 0.239 e. The molecule has 13 nitrogen and oxygen atoms in total. The van der Waals surface area contributed by atoms with Crippen LogP contribution >= 0.6 is 0 Å². The Morgan fingerprint density at radius 1 is 1.02 bits per heavy atom. The first-order chi connectivity index (χ1) is 28.0. The lowest BCUT2D eigenvalue weighted by Crippen LogP contribution is -2.70. The quantitative estimate of drug-likeness (QED) is 0.0574. The third-order valence-electron chi connectivity index (χ3n) is 12.6. The van der Waals surface area contributed by atoms with Crippen LogP contribution in [0.3, 0.4) is 0 Å². The molecule has 3 heterocycles. The summed E-state index contributed by atoms with van der Waals surface area (Å²) in [6.45, 7) is 9.39. The number of aliphatic hydroxyl groups excluding tert-OH is 3. The lowest BCUT2D eigenvalue weighted by atomic mass is 9.55. The van der Waals surface area contributed by atoms with E-state index in [-0.39, 0.29) is 69.2 Å². The van der Waals surface area contributed by atoms with Crippen molar-refractivity contribution in [2.24, 2.45) is 28.8 Å². The number of hydrogen-bond donors (Lipinski definition) is 3. The van der Waals surface area contributed by atoms with Gasteiger partial charge in [-0.1, -0.05) is 30.1 Å². The van der Waals surface area contributed by atoms with Crippen molar-refractivity contribution in [3.05, 3.63) is 48.1 Å². The molecule has 7 rings (SSSR count). The van der Waals surface area contributed by atoms with Crippen molar-refractivity contribution in [1.82, 2.24) is 9.80 Å². The number of benzene rings is 1. The van der Waals surface area contributed by atoms with Crippen LogP contribution in [0.2, 0.25) is 0 Å². The summed E-state index contributed by atoms with van der Waals surface area (Å²) in [5, 5.41) is 34.3. The number of rotatable bonds is 24. The van der Waals surface area contributed by atoms with Gasteiger partial charge in [-0.25, -0.2) is 0 Å². The van der Waals surface area contributed by atoms with Gasteiger partial charge in [-0.3, -0.25) is 9.69 Å². The van der Waals surface area contributed by atoms with Crippen LogP contribution in [0.1, 0.15) is 88.5 Å². The molecule has 0 radical (unpaired) electrons. The summed E-state index contributed by atoms with van der Waals surface area (Å²) in [6, 6.07) is 5.51. The second-order valence-corrected chi connectivity index (χ2v) is 16.5. The summed E-state index contributed by atoms with van der Waals surface area (Å²) in [7, 11) is 0. The van der Waals surface area contributed by atoms with E-state index in [0.717, 1.165) is 100 Å². The minimum atomic E-state index is -1.33. The van der Waals surface area contributed by atoms with Crippen LogP contribution in [0.25, 0.3) is 0 Å². The van der Waals surface area contributed by atoms with Crippen molar-refractivity contribution in [3.63, 3.8) is 0 Å². The van der Waals surface area contributed by atoms with Gasteiger partial charge < -0.3 is 48.7 Å². The van der Waals surface area contributed by atoms with E-state index in [1.54, 1.807) is 6.08 Å². The minimum Gasteiger partial charge on any atom is -0.492 e. The molecule has 4 fully saturated rings. The number of ether oxygens (including phenoxy) is 5. The lowest BCUT2D eigenvalue weighted by Gasteiger charge is -2.60.